The first kappa shape index (κ1) is 18.3. The van der Waals surface area contributed by atoms with Gasteiger partial charge in [0.1, 0.15) is 0 Å². The first-order valence-electron chi connectivity index (χ1n) is 8.01. The van der Waals surface area contributed by atoms with Crippen LogP contribution in [0.2, 0.25) is 0 Å². The molecule has 0 aliphatic rings. The lowest BCUT2D eigenvalue weighted by molar-refractivity contribution is -0.111. The molecule has 1 amide bonds. The maximum atomic E-state index is 12.1. The van der Waals surface area contributed by atoms with Gasteiger partial charge in [-0.15, -0.1) is 0 Å². The van der Waals surface area contributed by atoms with Gasteiger partial charge < -0.3 is 5.32 Å². The fourth-order valence-corrected chi connectivity index (χ4v) is 3.07. The molecule has 2 aromatic rings. The van der Waals surface area contributed by atoms with Crippen LogP contribution in [-0.2, 0) is 11.2 Å². The average molecular weight is 341 g/mol. The summed E-state index contributed by atoms with van der Waals surface area (Å²) >= 11 is 1.39. The molecule has 0 saturated carbocycles. The highest BCUT2D eigenvalue weighted by atomic mass is 32.2. The van der Waals surface area contributed by atoms with Gasteiger partial charge in [-0.3, -0.25) is 9.59 Å². The normalized spacial score (nSPS) is 11.1. The van der Waals surface area contributed by atoms with Crippen LogP contribution in [0.1, 0.15) is 43.1 Å². The highest BCUT2D eigenvalue weighted by molar-refractivity contribution is 8.14. The van der Waals surface area contributed by atoms with E-state index in [1.807, 2.05) is 63.2 Å². The number of hydrogen-bond donors (Lipinski definition) is 1. The number of anilines is 1. The molecule has 0 atom stereocenters. The first-order chi connectivity index (χ1) is 11.3. The van der Waals surface area contributed by atoms with Gasteiger partial charge >= 0.3 is 0 Å². The number of thioether (sulfide) groups is 1. The van der Waals surface area contributed by atoms with E-state index in [9.17, 15) is 9.59 Å². The largest absolute Gasteiger partial charge is 0.322 e. The molecule has 0 radical (unpaired) electrons. The van der Waals surface area contributed by atoms with Crippen LogP contribution in [0.25, 0.3) is 0 Å². The van der Waals surface area contributed by atoms with Crippen molar-refractivity contribution < 1.29 is 9.59 Å². The molecule has 3 nitrogen and oxygen atoms in total. The molecule has 0 heterocycles. The minimum Gasteiger partial charge on any atom is -0.322 e. The Morgan fingerprint density at radius 1 is 0.958 bits per heavy atom. The summed E-state index contributed by atoms with van der Waals surface area (Å²) < 4.78 is -0.0390. The number of hydrogen-bond acceptors (Lipinski definition) is 3. The standard InChI is InChI=1S/C20H23NO2S/c1-20(2,3)24-18(22)14-11-15-9-12-17(13-10-15)21-19(23)16-7-5-4-6-8-16/h4-10,12-13H,11,14H2,1-3H3,(H,21,23). The third-order valence-corrected chi connectivity index (χ3v) is 4.33. The summed E-state index contributed by atoms with van der Waals surface area (Å²) in [5, 5.41) is 3.08. The smallest absolute Gasteiger partial charge is 0.255 e. The number of aryl methyl sites for hydroxylation is 1. The molecule has 0 aliphatic heterocycles. The van der Waals surface area contributed by atoms with E-state index in [1.54, 1.807) is 12.1 Å². The monoisotopic (exact) mass is 341 g/mol. The van der Waals surface area contributed by atoms with Gasteiger partial charge in [0.25, 0.3) is 5.91 Å². The topological polar surface area (TPSA) is 46.2 Å². The molecule has 24 heavy (non-hydrogen) atoms. The van der Waals surface area contributed by atoms with Crippen molar-refractivity contribution >= 4 is 28.5 Å². The van der Waals surface area contributed by atoms with Crippen molar-refractivity contribution in [2.75, 3.05) is 5.32 Å². The number of nitrogens with one attached hydrogen (secondary N) is 1. The van der Waals surface area contributed by atoms with Crippen LogP contribution in [0.3, 0.4) is 0 Å². The zero-order chi connectivity index (χ0) is 17.6. The minimum absolute atomic E-state index is 0.0390. The van der Waals surface area contributed by atoms with Crippen molar-refractivity contribution in [2.45, 2.75) is 38.4 Å². The molecule has 2 rings (SSSR count). The van der Waals surface area contributed by atoms with E-state index in [0.717, 1.165) is 17.7 Å². The van der Waals surface area contributed by atoms with Crippen LogP contribution in [0.5, 0.6) is 0 Å². The van der Waals surface area contributed by atoms with E-state index in [-0.39, 0.29) is 15.8 Å². The first-order valence-corrected chi connectivity index (χ1v) is 8.82. The summed E-state index contributed by atoms with van der Waals surface area (Å²) in [6, 6.07) is 16.8. The molecular formula is C20H23NO2S. The van der Waals surface area contributed by atoms with Gasteiger partial charge in [-0.1, -0.05) is 62.9 Å². The van der Waals surface area contributed by atoms with Crippen molar-refractivity contribution in [3.05, 3.63) is 65.7 Å². The predicted molar refractivity (Wildman–Crippen MR) is 102 cm³/mol. The molecule has 0 fully saturated rings. The third-order valence-electron chi connectivity index (χ3n) is 3.29. The Bertz CT molecular complexity index is 688. The second-order valence-electron chi connectivity index (χ2n) is 6.60. The van der Waals surface area contributed by atoms with Crippen LogP contribution in [0, 0.1) is 0 Å². The van der Waals surface area contributed by atoms with Crippen LogP contribution >= 0.6 is 11.8 Å². The van der Waals surface area contributed by atoms with E-state index in [1.165, 1.54) is 11.8 Å². The number of amides is 1. The summed E-state index contributed by atoms with van der Waals surface area (Å²) in [4.78, 5) is 24.0. The van der Waals surface area contributed by atoms with Gasteiger partial charge in [-0.25, -0.2) is 0 Å². The molecule has 0 unspecified atom stereocenters. The Kier molecular flexibility index (Phi) is 6.21. The summed E-state index contributed by atoms with van der Waals surface area (Å²) in [5.74, 6) is -0.125. The summed E-state index contributed by atoms with van der Waals surface area (Å²) in [7, 11) is 0. The lowest BCUT2D eigenvalue weighted by Gasteiger charge is -2.15. The molecule has 4 heteroatoms. The molecule has 2 aromatic carbocycles. The van der Waals surface area contributed by atoms with Gasteiger partial charge in [0.15, 0.2) is 5.12 Å². The lowest BCUT2D eigenvalue weighted by Crippen LogP contribution is -2.12. The summed E-state index contributed by atoms with van der Waals surface area (Å²) in [6.45, 7) is 6.12. The summed E-state index contributed by atoms with van der Waals surface area (Å²) in [5.41, 5.74) is 2.48. The molecule has 0 bridgehead atoms. The van der Waals surface area contributed by atoms with Gasteiger partial charge in [-0.2, -0.15) is 0 Å². The second kappa shape index (κ2) is 8.15. The van der Waals surface area contributed by atoms with Crippen molar-refractivity contribution in [3.63, 3.8) is 0 Å². The van der Waals surface area contributed by atoms with E-state index in [0.29, 0.717) is 12.0 Å². The fourth-order valence-electron chi connectivity index (χ4n) is 2.19. The zero-order valence-electron chi connectivity index (χ0n) is 14.3. The molecule has 0 aliphatic carbocycles. The van der Waals surface area contributed by atoms with Crippen LogP contribution in [-0.4, -0.2) is 15.8 Å². The maximum absolute atomic E-state index is 12.1. The highest BCUT2D eigenvalue weighted by Crippen LogP contribution is 2.25. The Balaban J connectivity index is 1.87. The predicted octanol–water partition coefficient (Wildman–Crippen LogP) is 4.93. The van der Waals surface area contributed by atoms with Crippen LogP contribution < -0.4 is 5.32 Å². The quantitative estimate of drug-likeness (QED) is 0.839. The molecule has 0 saturated heterocycles. The van der Waals surface area contributed by atoms with Gasteiger partial charge in [0, 0.05) is 22.4 Å². The zero-order valence-corrected chi connectivity index (χ0v) is 15.2. The van der Waals surface area contributed by atoms with Crippen molar-refractivity contribution in [1.29, 1.82) is 0 Å². The Morgan fingerprint density at radius 2 is 1.58 bits per heavy atom. The fraction of sp³-hybridized carbons (Fsp3) is 0.300. The van der Waals surface area contributed by atoms with Crippen molar-refractivity contribution in [2.24, 2.45) is 0 Å². The second-order valence-corrected chi connectivity index (χ2v) is 8.49. The molecular weight excluding hydrogens is 318 g/mol. The van der Waals surface area contributed by atoms with Gasteiger partial charge in [0.05, 0.1) is 0 Å². The number of carbonyl (C=O) groups excluding carboxylic acids is 2. The van der Waals surface area contributed by atoms with Crippen LogP contribution in [0.4, 0.5) is 5.69 Å². The summed E-state index contributed by atoms with van der Waals surface area (Å²) in [6.07, 6.45) is 1.24. The van der Waals surface area contributed by atoms with E-state index < -0.39 is 0 Å². The Hall–Kier alpha value is -2.07. The van der Waals surface area contributed by atoms with E-state index in [4.69, 9.17) is 0 Å². The molecule has 126 valence electrons. The lowest BCUT2D eigenvalue weighted by atomic mass is 10.1. The Morgan fingerprint density at radius 3 is 2.17 bits per heavy atom. The molecule has 0 spiro atoms. The van der Waals surface area contributed by atoms with Crippen molar-refractivity contribution in [3.8, 4) is 0 Å². The average Bonchev–Trinajstić information content (AvgIpc) is 2.53. The third kappa shape index (κ3) is 6.20. The van der Waals surface area contributed by atoms with E-state index in [2.05, 4.69) is 5.32 Å². The van der Waals surface area contributed by atoms with Crippen LogP contribution in [0.15, 0.2) is 54.6 Å². The molecule has 0 aromatic heterocycles. The molecule has 1 N–H and O–H groups in total. The number of carbonyl (C=O) groups is 2. The van der Waals surface area contributed by atoms with E-state index >= 15 is 0 Å². The minimum atomic E-state index is -0.125. The number of rotatable bonds is 5. The van der Waals surface area contributed by atoms with Gasteiger partial charge in [-0.05, 0) is 36.2 Å². The SMILES string of the molecule is CC(C)(C)SC(=O)CCc1ccc(NC(=O)c2ccccc2)cc1. The van der Waals surface area contributed by atoms with Crippen molar-refractivity contribution in [1.82, 2.24) is 0 Å². The maximum Gasteiger partial charge on any atom is 0.255 e. The Labute approximate surface area is 147 Å². The van der Waals surface area contributed by atoms with Gasteiger partial charge in [0.2, 0.25) is 0 Å². The number of benzene rings is 2. The highest BCUT2D eigenvalue weighted by Gasteiger charge is 2.16.